The van der Waals surface area contributed by atoms with E-state index < -0.39 is 0 Å². The number of nitrogens with zero attached hydrogens (tertiary/aromatic N) is 3. The molecule has 1 saturated carbocycles. The van der Waals surface area contributed by atoms with Gasteiger partial charge in [-0.2, -0.15) is 0 Å². The predicted molar refractivity (Wildman–Crippen MR) is 110 cm³/mol. The monoisotopic (exact) mass is 375 g/mol. The maximum atomic E-state index is 4.44. The molecule has 1 saturated heterocycles. The smallest absolute Gasteiger partial charge is 0.191 e. The van der Waals surface area contributed by atoms with Gasteiger partial charge >= 0.3 is 0 Å². The lowest BCUT2D eigenvalue weighted by Crippen LogP contribution is -2.47. The molecule has 0 radical (unpaired) electrons. The van der Waals surface area contributed by atoms with Crippen LogP contribution in [0.4, 0.5) is 0 Å². The average Bonchev–Trinajstić information content (AvgIpc) is 3.40. The van der Waals surface area contributed by atoms with Crippen LogP contribution >= 0.6 is 11.3 Å². The Morgan fingerprint density at radius 3 is 3.00 bits per heavy atom. The van der Waals surface area contributed by atoms with Crippen LogP contribution < -0.4 is 10.6 Å². The van der Waals surface area contributed by atoms with Gasteiger partial charge in [0.15, 0.2) is 5.96 Å². The summed E-state index contributed by atoms with van der Waals surface area (Å²) in [5.41, 5.74) is 1.53. The Hall–Kier alpha value is -1.11. The molecule has 0 amide bonds. The first-order valence-corrected chi connectivity index (χ1v) is 11.2. The third kappa shape index (κ3) is 4.41. The van der Waals surface area contributed by atoms with Gasteiger partial charge in [0.1, 0.15) is 0 Å². The van der Waals surface area contributed by atoms with Crippen LogP contribution in [0.15, 0.2) is 16.4 Å². The molecular formula is C20H33N5S. The first kappa shape index (κ1) is 18.3. The molecule has 1 unspecified atom stereocenters. The van der Waals surface area contributed by atoms with Crippen LogP contribution in [-0.2, 0) is 13.0 Å². The molecule has 1 aliphatic carbocycles. The summed E-state index contributed by atoms with van der Waals surface area (Å²) >= 11 is 1.91. The highest BCUT2D eigenvalue weighted by Crippen LogP contribution is 2.26. The van der Waals surface area contributed by atoms with Gasteiger partial charge in [-0.1, -0.05) is 12.8 Å². The first-order valence-electron chi connectivity index (χ1n) is 10.3. The molecule has 144 valence electrons. The molecular weight excluding hydrogens is 342 g/mol. The Morgan fingerprint density at radius 1 is 1.27 bits per heavy atom. The highest BCUT2D eigenvalue weighted by Gasteiger charge is 2.30. The fourth-order valence-corrected chi connectivity index (χ4v) is 5.61. The van der Waals surface area contributed by atoms with Gasteiger partial charge in [0.2, 0.25) is 0 Å². The van der Waals surface area contributed by atoms with Crippen molar-refractivity contribution in [1.82, 2.24) is 20.4 Å². The molecule has 5 nitrogen and oxygen atoms in total. The third-order valence-electron chi connectivity index (χ3n) is 6.23. The molecule has 2 N–H and O–H groups in total. The summed E-state index contributed by atoms with van der Waals surface area (Å²) in [5, 5.41) is 9.41. The minimum absolute atomic E-state index is 0.546. The number of likely N-dealkylation sites (tertiary alicyclic amines) is 1. The van der Waals surface area contributed by atoms with Gasteiger partial charge in [0.05, 0.1) is 0 Å². The maximum absolute atomic E-state index is 4.44. The molecule has 1 aromatic heterocycles. The number of aliphatic imine (C=N–C) groups is 1. The van der Waals surface area contributed by atoms with Crippen molar-refractivity contribution < 1.29 is 0 Å². The van der Waals surface area contributed by atoms with Crippen LogP contribution in [0.1, 0.15) is 42.5 Å². The predicted octanol–water partition coefficient (Wildman–Crippen LogP) is 2.29. The molecule has 2 aliphatic heterocycles. The van der Waals surface area contributed by atoms with E-state index in [0.29, 0.717) is 6.04 Å². The highest BCUT2D eigenvalue weighted by atomic mass is 32.1. The quantitative estimate of drug-likeness (QED) is 0.612. The molecule has 3 aliphatic rings. The zero-order chi connectivity index (χ0) is 17.8. The van der Waals surface area contributed by atoms with Gasteiger partial charge in [-0.3, -0.25) is 14.8 Å². The van der Waals surface area contributed by atoms with E-state index in [1.54, 1.807) is 4.88 Å². The zero-order valence-electron chi connectivity index (χ0n) is 16.0. The molecule has 0 spiro atoms. The van der Waals surface area contributed by atoms with Crippen LogP contribution in [0.2, 0.25) is 0 Å². The van der Waals surface area contributed by atoms with Crippen molar-refractivity contribution in [1.29, 1.82) is 0 Å². The van der Waals surface area contributed by atoms with Crippen molar-refractivity contribution in [2.75, 3.05) is 39.8 Å². The van der Waals surface area contributed by atoms with Gasteiger partial charge < -0.3 is 10.6 Å². The molecule has 0 bridgehead atoms. The number of hydrogen-bond donors (Lipinski definition) is 2. The van der Waals surface area contributed by atoms with Gasteiger partial charge in [-0.05, 0) is 42.7 Å². The van der Waals surface area contributed by atoms with E-state index in [0.717, 1.165) is 31.6 Å². The lowest BCUT2D eigenvalue weighted by atomic mass is 10.1. The molecule has 6 heteroatoms. The van der Waals surface area contributed by atoms with E-state index in [1.165, 1.54) is 63.7 Å². The first-order chi connectivity index (χ1) is 12.8. The van der Waals surface area contributed by atoms with Crippen molar-refractivity contribution in [3.05, 3.63) is 21.9 Å². The molecule has 2 fully saturated rings. The Morgan fingerprint density at radius 2 is 2.15 bits per heavy atom. The Bertz CT molecular complexity index is 607. The summed E-state index contributed by atoms with van der Waals surface area (Å²) in [5.74, 6) is 0.969. The van der Waals surface area contributed by atoms with E-state index in [2.05, 4.69) is 36.9 Å². The minimum atomic E-state index is 0.546. The molecule has 0 aromatic carbocycles. The van der Waals surface area contributed by atoms with E-state index in [1.807, 2.05) is 18.4 Å². The molecule has 1 aromatic rings. The second-order valence-corrected chi connectivity index (χ2v) is 8.96. The second kappa shape index (κ2) is 8.72. The van der Waals surface area contributed by atoms with Crippen molar-refractivity contribution in [2.45, 2.75) is 57.2 Å². The summed E-state index contributed by atoms with van der Waals surface area (Å²) in [6, 6.07) is 3.68. The number of hydrogen-bond acceptors (Lipinski definition) is 4. The normalized spacial score (nSPS) is 25.6. The second-order valence-electron chi connectivity index (χ2n) is 7.96. The van der Waals surface area contributed by atoms with Gasteiger partial charge in [0, 0.05) is 63.3 Å². The lowest BCUT2D eigenvalue weighted by molar-refractivity contribution is 0.242. The van der Waals surface area contributed by atoms with E-state index in [9.17, 15) is 0 Å². The Balaban J connectivity index is 1.17. The van der Waals surface area contributed by atoms with Gasteiger partial charge in [0.25, 0.3) is 0 Å². The largest absolute Gasteiger partial charge is 0.355 e. The number of thiophene rings is 1. The van der Waals surface area contributed by atoms with Gasteiger partial charge in [-0.25, -0.2) is 0 Å². The molecule has 26 heavy (non-hydrogen) atoms. The Labute approximate surface area is 161 Å². The third-order valence-corrected chi connectivity index (χ3v) is 7.26. The summed E-state index contributed by atoms with van der Waals surface area (Å²) in [7, 11) is 1.89. The van der Waals surface area contributed by atoms with Crippen LogP contribution in [-0.4, -0.2) is 67.6 Å². The topological polar surface area (TPSA) is 42.9 Å². The van der Waals surface area contributed by atoms with Crippen LogP contribution in [0.5, 0.6) is 0 Å². The summed E-state index contributed by atoms with van der Waals surface area (Å²) < 4.78 is 0. The van der Waals surface area contributed by atoms with E-state index >= 15 is 0 Å². The standard InChI is InChI=1S/C20H33N5S/c1-21-20(23-17-6-11-25(15-17)18-4-2-3-5-18)22-9-12-24-10-7-19-16(14-24)8-13-26-19/h8,13,17-18H,2-7,9-12,14-15H2,1H3,(H2,21,22,23). The zero-order valence-corrected chi connectivity index (χ0v) is 16.9. The van der Waals surface area contributed by atoms with Crippen molar-refractivity contribution in [3.63, 3.8) is 0 Å². The number of guanidine groups is 1. The van der Waals surface area contributed by atoms with E-state index in [-0.39, 0.29) is 0 Å². The number of rotatable bonds is 5. The SMILES string of the molecule is CN=C(NCCN1CCc2sccc2C1)NC1CCN(C2CCCC2)C1. The number of fused-ring (bicyclic) bond motifs is 1. The minimum Gasteiger partial charge on any atom is -0.355 e. The molecule has 4 rings (SSSR count). The van der Waals surface area contributed by atoms with Crippen molar-refractivity contribution in [3.8, 4) is 0 Å². The van der Waals surface area contributed by atoms with Crippen LogP contribution in [0.25, 0.3) is 0 Å². The van der Waals surface area contributed by atoms with E-state index in [4.69, 9.17) is 0 Å². The molecule has 1 atom stereocenters. The summed E-state index contributed by atoms with van der Waals surface area (Å²) in [4.78, 5) is 11.3. The fourth-order valence-electron chi connectivity index (χ4n) is 4.72. The Kier molecular flexibility index (Phi) is 6.12. The van der Waals surface area contributed by atoms with Crippen LogP contribution in [0.3, 0.4) is 0 Å². The fraction of sp³-hybridized carbons (Fsp3) is 0.750. The van der Waals surface area contributed by atoms with Crippen molar-refractivity contribution in [2.24, 2.45) is 4.99 Å². The summed E-state index contributed by atoms with van der Waals surface area (Å²) in [6.45, 7) is 6.74. The average molecular weight is 376 g/mol. The summed E-state index contributed by atoms with van der Waals surface area (Å²) in [6.07, 6.45) is 8.10. The van der Waals surface area contributed by atoms with Gasteiger partial charge in [-0.15, -0.1) is 11.3 Å². The molecule has 3 heterocycles. The van der Waals surface area contributed by atoms with Crippen LogP contribution in [0, 0.1) is 0 Å². The number of nitrogens with one attached hydrogen (secondary N) is 2. The lowest BCUT2D eigenvalue weighted by Gasteiger charge is -2.27. The van der Waals surface area contributed by atoms with Crippen molar-refractivity contribution >= 4 is 17.3 Å². The maximum Gasteiger partial charge on any atom is 0.191 e. The highest BCUT2D eigenvalue weighted by molar-refractivity contribution is 7.10.